The highest BCUT2D eigenvalue weighted by molar-refractivity contribution is 6.30. The molecule has 33 heavy (non-hydrogen) atoms. The molecule has 4 fully saturated rings. The first-order chi connectivity index (χ1) is 15.5. The van der Waals surface area contributed by atoms with Crippen molar-refractivity contribution in [1.29, 1.82) is 0 Å². The van der Waals surface area contributed by atoms with Crippen molar-refractivity contribution in [2.45, 2.75) is 56.5 Å². The van der Waals surface area contributed by atoms with Gasteiger partial charge in [0.25, 0.3) is 5.91 Å². The van der Waals surface area contributed by atoms with E-state index in [2.05, 4.69) is 15.4 Å². The molecular weight excluding hydrogens is 459 g/mol. The molecule has 178 valence electrons. The fraction of sp³-hybridized carbons (Fsp3) is 0.591. The van der Waals surface area contributed by atoms with Gasteiger partial charge in [0.1, 0.15) is 18.2 Å². The first-order valence-corrected chi connectivity index (χ1v) is 11.4. The van der Waals surface area contributed by atoms with Gasteiger partial charge in [0, 0.05) is 25.4 Å². The Balaban J connectivity index is 1.39. The number of pyridine rings is 1. The summed E-state index contributed by atoms with van der Waals surface area (Å²) in [6.07, 6.45) is 0.945. The van der Waals surface area contributed by atoms with Gasteiger partial charge in [-0.15, -0.1) is 0 Å². The highest BCUT2D eigenvalue weighted by atomic mass is 35.5. The number of carbonyl (C=O) groups excluding carboxylic acids is 1. The van der Waals surface area contributed by atoms with Gasteiger partial charge in [-0.05, 0) is 62.0 Å². The van der Waals surface area contributed by atoms with Crippen LogP contribution in [-0.4, -0.2) is 50.6 Å². The number of anilines is 2. The molecule has 4 aliphatic rings. The van der Waals surface area contributed by atoms with Crippen LogP contribution >= 0.6 is 11.6 Å². The Morgan fingerprint density at radius 1 is 1.30 bits per heavy atom. The minimum absolute atomic E-state index is 0.0809. The number of nitrogens with one attached hydrogen (secondary N) is 1. The maximum absolute atomic E-state index is 13.2. The van der Waals surface area contributed by atoms with Gasteiger partial charge >= 0.3 is 6.18 Å². The smallest absolute Gasteiger partial charge is 0.390 e. The highest BCUT2D eigenvalue weighted by Gasteiger charge is 2.55. The number of aliphatic hydroxyl groups is 1. The standard InChI is InChI=1S/C22H25ClF3N5O2/c1-30(17-3-2-15(23)10-27-17)18-6-16(29-31(18)11-22(24,25)26)20(32)28-19-13-4-12-5-14(19)9-21(33,7-12)8-13/h2-3,6,10,12-14,19,33H,4-5,7-9,11H2,1H3,(H,28,32). The van der Waals surface area contributed by atoms with E-state index in [1.807, 2.05) is 0 Å². The van der Waals surface area contributed by atoms with Crippen molar-refractivity contribution in [3.05, 3.63) is 35.1 Å². The second-order valence-electron chi connectivity index (χ2n) is 9.75. The lowest BCUT2D eigenvalue weighted by Gasteiger charge is -2.58. The van der Waals surface area contributed by atoms with E-state index in [9.17, 15) is 23.1 Å². The van der Waals surface area contributed by atoms with Gasteiger partial charge in [-0.1, -0.05) is 11.6 Å². The van der Waals surface area contributed by atoms with E-state index in [-0.39, 0.29) is 29.4 Å². The first kappa shape index (κ1) is 22.5. The van der Waals surface area contributed by atoms with Gasteiger partial charge in [0.05, 0.1) is 10.6 Å². The van der Waals surface area contributed by atoms with Gasteiger partial charge in [-0.3, -0.25) is 4.79 Å². The number of halogens is 4. The van der Waals surface area contributed by atoms with E-state index in [0.717, 1.165) is 23.9 Å². The lowest BCUT2D eigenvalue weighted by Crippen LogP contribution is -2.61. The van der Waals surface area contributed by atoms with Crippen LogP contribution in [0.1, 0.15) is 42.6 Å². The van der Waals surface area contributed by atoms with Crippen molar-refractivity contribution in [2.24, 2.45) is 17.8 Å². The Labute approximate surface area is 193 Å². The Bertz CT molecular complexity index is 1040. The largest absolute Gasteiger partial charge is 0.408 e. The molecule has 2 aromatic heterocycles. The molecule has 0 aliphatic heterocycles. The van der Waals surface area contributed by atoms with Gasteiger partial charge < -0.3 is 15.3 Å². The fourth-order valence-electron chi connectivity index (χ4n) is 6.20. The van der Waals surface area contributed by atoms with E-state index in [4.69, 9.17) is 11.6 Å². The lowest BCUT2D eigenvalue weighted by molar-refractivity contribution is -0.142. The molecule has 0 saturated heterocycles. The fourth-order valence-corrected chi connectivity index (χ4v) is 6.31. The van der Waals surface area contributed by atoms with Crippen LogP contribution in [0.2, 0.25) is 5.02 Å². The molecule has 11 heteroatoms. The molecule has 2 atom stereocenters. The molecule has 0 spiro atoms. The topological polar surface area (TPSA) is 83.3 Å². The van der Waals surface area contributed by atoms with Crippen molar-refractivity contribution in [3.8, 4) is 0 Å². The number of carbonyl (C=O) groups is 1. The third-order valence-corrected chi connectivity index (χ3v) is 7.48. The SMILES string of the molecule is CN(c1ccc(Cl)cn1)c1cc(C(=O)NC2C3CC4CC2CC(O)(C4)C3)nn1CC(F)(F)F. The van der Waals surface area contributed by atoms with Crippen molar-refractivity contribution in [1.82, 2.24) is 20.1 Å². The third-order valence-electron chi connectivity index (χ3n) is 7.26. The molecule has 2 aromatic rings. The monoisotopic (exact) mass is 483 g/mol. The van der Waals surface area contributed by atoms with Crippen LogP contribution in [0.25, 0.3) is 0 Å². The predicted molar refractivity (Wildman–Crippen MR) is 115 cm³/mol. The van der Waals surface area contributed by atoms with Crippen LogP contribution in [0, 0.1) is 17.8 Å². The zero-order chi connectivity index (χ0) is 23.5. The number of nitrogens with zero attached hydrogens (tertiary/aromatic N) is 4. The van der Waals surface area contributed by atoms with Gasteiger partial charge in [-0.2, -0.15) is 18.3 Å². The van der Waals surface area contributed by atoms with Gasteiger partial charge in [-0.25, -0.2) is 9.67 Å². The Morgan fingerprint density at radius 2 is 2.00 bits per heavy atom. The summed E-state index contributed by atoms with van der Waals surface area (Å²) in [5.74, 6) is 0.805. The van der Waals surface area contributed by atoms with Crippen molar-refractivity contribution < 1.29 is 23.1 Å². The number of hydrogen-bond donors (Lipinski definition) is 2. The normalized spacial score (nSPS) is 30.5. The Kier molecular flexibility index (Phi) is 5.36. The number of hydrogen-bond acceptors (Lipinski definition) is 5. The van der Waals surface area contributed by atoms with Crippen LogP contribution in [-0.2, 0) is 6.54 Å². The lowest BCUT2D eigenvalue weighted by atomic mass is 9.52. The first-order valence-electron chi connectivity index (χ1n) is 11.0. The van der Waals surface area contributed by atoms with E-state index in [1.165, 1.54) is 17.2 Å². The summed E-state index contributed by atoms with van der Waals surface area (Å²) in [7, 11) is 1.56. The molecule has 0 aromatic carbocycles. The summed E-state index contributed by atoms with van der Waals surface area (Å²) in [4.78, 5) is 18.6. The van der Waals surface area contributed by atoms with Crippen LogP contribution in [0.15, 0.2) is 24.4 Å². The minimum Gasteiger partial charge on any atom is -0.390 e. The van der Waals surface area contributed by atoms with Crippen molar-refractivity contribution in [3.63, 3.8) is 0 Å². The molecule has 4 bridgehead atoms. The van der Waals surface area contributed by atoms with Crippen LogP contribution < -0.4 is 10.2 Å². The summed E-state index contributed by atoms with van der Waals surface area (Å²) < 4.78 is 40.4. The number of alkyl halides is 3. The van der Waals surface area contributed by atoms with E-state index < -0.39 is 24.2 Å². The minimum atomic E-state index is -4.51. The highest BCUT2D eigenvalue weighted by Crippen LogP contribution is 2.55. The zero-order valence-electron chi connectivity index (χ0n) is 18.0. The third kappa shape index (κ3) is 4.42. The Hall–Kier alpha value is -2.33. The van der Waals surface area contributed by atoms with E-state index in [0.29, 0.717) is 29.6 Å². The summed E-state index contributed by atoms with van der Waals surface area (Å²) >= 11 is 5.86. The zero-order valence-corrected chi connectivity index (χ0v) is 18.8. The van der Waals surface area contributed by atoms with Gasteiger partial charge in [0.2, 0.25) is 0 Å². The summed E-state index contributed by atoms with van der Waals surface area (Å²) in [5, 5.41) is 18.2. The Morgan fingerprint density at radius 3 is 2.58 bits per heavy atom. The molecule has 0 radical (unpaired) electrons. The summed E-state index contributed by atoms with van der Waals surface area (Å²) in [6, 6.07) is 4.41. The number of rotatable bonds is 5. The second kappa shape index (κ2) is 7.87. The molecule has 2 unspecified atom stereocenters. The quantitative estimate of drug-likeness (QED) is 0.673. The van der Waals surface area contributed by atoms with Crippen molar-refractivity contribution >= 4 is 29.1 Å². The molecule has 1 amide bonds. The van der Waals surface area contributed by atoms with Crippen LogP contribution in [0.4, 0.5) is 24.8 Å². The van der Waals surface area contributed by atoms with Crippen LogP contribution in [0.5, 0.6) is 0 Å². The van der Waals surface area contributed by atoms with E-state index in [1.54, 1.807) is 19.2 Å². The summed E-state index contributed by atoms with van der Waals surface area (Å²) in [5.41, 5.74) is -0.712. The molecular formula is C22H25ClF3N5O2. The summed E-state index contributed by atoms with van der Waals surface area (Å²) in [6.45, 7) is -1.34. The maximum Gasteiger partial charge on any atom is 0.408 e. The second-order valence-corrected chi connectivity index (χ2v) is 10.2. The molecule has 2 heterocycles. The molecule has 4 saturated carbocycles. The maximum atomic E-state index is 13.2. The predicted octanol–water partition coefficient (Wildman–Crippen LogP) is 3.93. The molecule has 2 N–H and O–H groups in total. The van der Waals surface area contributed by atoms with Crippen molar-refractivity contribution in [2.75, 3.05) is 11.9 Å². The number of aromatic nitrogens is 3. The van der Waals surface area contributed by atoms with Crippen LogP contribution in [0.3, 0.4) is 0 Å². The molecule has 4 aliphatic carbocycles. The number of amides is 1. The molecule has 6 rings (SSSR count). The molecule has 7 nitrogen and oxygen atoms in total. The average molecular weight is 484 g/mol. The van der Waals surface area contributed by atoms with Gasteiger partial charge in [0.15, 0.2) is 5.69 Å². The average Bonchev–Trinajstić information content (AvgIpc) is 3.11. The van der Waals surface area contributed by atoms with E-state index >= 15 is 0 Å².